The minimum atomic E-state index is -3.01. The number of carbonyl (C=O) groups excluding carboxylic acids is 1. The maximum absolute atomic E-state index is 12.8. The van der Waals surface area contributed by atoms with Crippen molar-refractivity contribution in [1.82, 2.24) is 4.90 Å². The topological polar surface area (TPSA) is 63.7 Å². The van der Waals surface area contributed by atoms with Gasteiger partial charge in [-0.1, -0.05) is 19.3 Å². The summed E-state index contributed by atoms with van der Waals surface area (Å²) in [6.45, 7) is 2.75. The van der Waals surface area contributed by atoms with Crippen LogP contribution in [0.15, 0.2) is 0 Å². The minimum Gasteiger partial charge on any atom is -0.378 e. The number of hydrogen-bond donors (Lipinski definition) is 0. The van der Waals surface area contributed by atoms with Gasteiger partial charge in [-0.2, -0.15) is 0 Å². The Balaban J connectivity index is 1.71. The van der Waals surface area contributed by atoms with Gasteiger partial charge in [-0.05, 0) is 32.6 Å². The lowest BCUT2D eigenvalue weighted by molar-refractivity contribution is -0.186. The van der Waals surface area contributed by atoms with Crippen LogP contribution in [0.3, 0.4) is 0 Å². The second kappa shape index (κ2) is 6.36. The first-order chi connectivity index (χ1) is 10.9. The Hall–Kier alpha value is -0.620. The summed E-state index contributed by atoms with van der Waals surface area (Å²) in [4.78, 5) is 14.6. The van der Waals surface area contributed by atoms with Gasteiger partial charge in [-0.25, -0.2) is 8.42 Å². The molecule has 132 valence electrons. The summed E-state index contributed by atoms with van der Waals surface area (Å²) in [5.41, 5.74) is 0.107. The van der Waals surface area contributed by atoms with Crippen molar-refractivity contribution >= 4 is 15.7 Å². The number of ether oxygens (including phenoxy) is 1. The average Bonchev–Trinajstić information content (AvgIpc) is 2.90. The van der Waals surface area contributed by atoms with E-state index in [1.54, 1.807) is 0 Å². The zero-order chi connectivity index (χ0) is 16.7. The molecule has 5 nitrogen and oxygen atoms in total. The maximum atomic E-state index is 12.8. The van der Waals surface area contributed by atoms with Crippen molar-refractivity contribution in [1.29, 1.82) is 0 Å². The van der Waals surface area contributed by atoms with Crippen molar-refractivity contribution in [2.24, 2.45) is 11.3 Å². The van der Waals surface area contributed by atoms with Crippen LogP contribution in [0.5, 0.6) is 0 Å². The number of hydrogen-bond acceptors (Lipinski definition) is 4. The fourth-order valence-electron chi connectivity index (χ4n) is 5.00. The molecule has 3 aliphatic rings. The van der Waals surface area contributed by atoms with Crippen molar-refractivity contribution in [3.8, 4) is 0 Å². The van der Waals surface area contributed by atoms with E-state index in [9.17, 15) is 13.2 Å². The van der Waals surface area contributed by atoms with Gasteiger partial charge in [0.25, 0.3) is 0 Å². The van der Waals surface area contributed by atoms with E-state index in [0.717, 1.165) is 25.9 Å². The van der Waals surface area contributed by atoms with E-state index in [1.165, 1.54) is 19.3 Å². The van der Waals surface area contributed by atoms with Gasteiger partial charge in [0.15, 0.2) is 9.84 Å². The fourth-order valence-corrected chi connectivity index (χ4v) is 6.73. The highest BCUT2D eigenvalue weighted by atomic mass is 32.2. The molecule has 2 aliphatic carbocycles. The number of nitrogens with zero attached hydrogens (tertiary/aromatic N) is 1. The smallest absolute Gasteiger partial charge is 0.226 e. The van der Waals surface area contributed by atoms with Crippen LogP contribution in [0.4, 0.5) is 0 Å². The molecule has 0 unspecified atom stereocenters. The number of sulfone groups is 1. The highest BCUT2D eigenvalue weighted by Crippen LogP contribution is 2.55. The van der Waals surface area contributed by atoms with Crippen molar-refractivity contribution in [3.05, 3.63) is 0 Å². The molecule has 0 aromatic heterocycles. The Labute approximate surface area is 139 Å². The van der Waals surface area contributed by atoms with E-state index in [-0.39, 0.29) is 40.9 Å². The van der Waals surface area contributed by atoms with Crippen LogP contribution >= 0.6 is 0 Å². The van der Waals surface area contributed by atoms with Gasteiger partial charge in [0.05, 0.1) is 23.5 Å². The number of rotatable bonds is 4. The average molecular weight is 343 g/mol. The van der Waals surface area contributed by atoms with Crippen LogP contribution in [0.25, 0.3) is 0 Å². The summed E-state index contributed by atoms with van der Waals surface area (Å²) in [5, 5.41) is 0. The summed E-state index contributed by atoms with van der Waals surface area (Å²) in [7, 11) is -1.14. The van der Waals surface area contributed by atoms with Gasteiger partial charge in [0.2, 0.25) is 5.91 Å². The van der Waals surface area contributed by atoms with Crippen LogP contribution < -0.4 is 0 Å². The normalized spacial score (nSPS) is 35.0. The van der Waals surface area contributed by atoms with Crippen molar-refractivity contribution in [2.75, 3.05) is 25.2 Å². The van der Waals surface area contributed by atoms with Crippen molar-refractivity contribution in [3.63, 3.8) is 0 Å². The second-order valence-corrected chi connectivity index (χ2v) is 9.77. The predicted octanol–water partition coefficient (Wildman–Crippen LogP) is 2.01. The van der Waals surface area contributed by atoms with Gasteiger partial charge in [-0.3, -0.25) is 4.79 Å². The molecule has 1 amide bonds. The second-order valence-electron chi connectivity index (χ2n) is 7.54. The summed E-state index contributed by atoms with van der Waals surface area (Å²) in [5.74, 6) is -0.118. The third-order valence-electron chi connectivity index (χ3n) is 6.29. The molecular formula is C17H29NO4S. The summed E-state index contributed by atoms with van der Waals surface area (Å²) >= 11 is 0. The zero-order valence-electron chi connectivity index (χ0n) is 14.3. The minimum absolute atomic E-state index is 0.0240. The highest BCUT2D eigenvalue weighted by molar-refractivity contribution is 7.91. The monoisotopic (exact) mass is 343 g/mol. The molecule has 23 heavy (non-hydrogen) atoms. The Morgan fingerprint density at radius 2 is 1.96 bits per heavy atom. The molecular weight excluding hydrogens is 314 g/mol. The lowest BCUT2D eigenvalue weighted by Crippen LogP contribution is -2.66. The molecule has 1 spiro atoms. The van der Waals surface area contributed by atoms with Crippen LogP contribution in [0.2, 0.25) is 0 Å². The molecule has 3 fully saturated rings. The van der Waals surface area contributed by atoms with E-state index in [0.29, 0.717) is 6.42 Å². The van der Waals surface area contributed by atoms with Gasteiger partial charge < -0.3 is 9.64 Å². The van der Waals surface area contributed by atoms with Gasteiger partial charge in [0, 0.05) is 25.1 Å². The van der Waals surface area contributed by atoms with E-state index < -0.39 is 9.84 Å². The Bertz CT molecular complexity index is 553. The molecule has 0 bridgehead atoms. The van der Waals surface area contributed by atoms with E-state index in [4.69, 9.17) is 4.74 Å². The summed E-state index contributed by atoms with van der Waals surface area (Å²) in [6.07, 6.45) is 7.59. The van der Waals surface area contributed by atoms with Crippen LogP contribution in [0.1, 0.15) is 51.9 Å². The van der Waals surface area contributed by atoms with Gasteiger partial charge in [-0.15, -0.1) is 0 Å². The van der Waals surface area contributed by atoms with Gasteiger partial charge in [0.1, 0.15) is 0 Å². The van der Waals surface area contributed by atoms with E-state index >= 15 is 0 Å². The third kappa shape index (κ3) is 3.04. The number of amides is 1. The molecule has 0 radical (unpaired) electrons. The molecule has 1 saturated heterocycles. The van der Waals surface area contributed by atoms with Crippen LogP contribution in [-0.4, -0.2) is 56.5 Å². The molecule has 1 heterocycles. The van der Waals surface area contributed by atoms with E-state index in [2.05, 4.69) is 0 Å². The van der Waals surface area contributed by atoms with Crippen LogP contribution in [-0.2, 0) is 19.4 Å². The Morgan fingerprint density at radius 1 is 1.26 bits per heavy atom. The first kappa shape index (κ1) is 17.2. The maximum Gasteiger partial charge on any atom is 0.226 e. The lowest BCUT2D eigenvalue weighted by Gasteiger charge is -2.60. The molecule has 3 atom stereocenters. The molecule has 2 saturated carbocycles. The largest absolute Gasteiger partial charge is 0.378 e. The summed E-state index contributed by atoms with van der Waals surface area (Å²) in [6, 6.07) is 0.218. The Morgan fingerprint density at radius 3 is 2.52 bits per heavy atom. The molecule has 1 aliphatic heterocycles. The summed E-state index contributed by atoms with van der Waals surface area (Å²) < 4.78 is 29.3. The van der Waals surface area contributed by atoms with Crippen LogP contribution in [0, 0.1) is 11.3 Å². The molecule has 0 N–H and O–H groups in total. The molecule has 6 heteroatoms. The standard InChI is InChI=1S/C17H29NO4S/c1-3-22-15-11-14(17(15)8-5-4-6-9-17)18(2)16(19)13-7-10-23(20,21)12-13/h13-15H,3-12H2,1-2H3/t13-,14-,15-/m1/s1. The zero-order valence-corrected chi connectivity index (χ0v) is 15.1. The third-order valence-corrected chi connectivity index (χ3v) is 8.06. The van der Waals surface area contributed by atoms with Crippen molar-refractivity contribution < 1.29 is 17.9 Å². The molecule has 3 rings (SSSR count). The van der Waals surface area contributed by atoms with Crippen molar-refractivity contribution in [2.45, 2.75) is 64.0 Å². The fraction of sp³-hybridized carbons (Fsp3) is 0.941. The molecule has 0 aromatic rings. The van der Waals surface area contributed by atoms with Gasteiger partial charge >= 0.3 is 0 Å². The Kier molecular flexibility index (Phi) is 4.76. The first-order valence-electron chi connectivity index (χ1n) is 8.98. The highest BCUT2D eigenvalue weighted by Gasteiger charge is 2.58. The number of carbonyl (C=O) groups is 1. The molecule has 0 aromatic carbocycles. The predicted molar refractivity (Wildman–Crippen MR) is 88.9 cm³/mol. The SMILES string of the molecule is CCO[C@@H]1C[C@@H](N(C)C(=O)[C@@H]2CCS(=O)(=O)C2)C12CCCCC2. The first-order valence-corrected chi connectivity index (χ1v) is 10.8. The lowest BCUT2D eigenvalue weighted by atomic mass is 9.54. The quantitative estimate of drug-likeness (QED) is 0.783. The van der Waals surface area contributed by atoms with E-state index in [1.807, 2.05) is 18.9 Å².